The maximum atomic E-state index is 13.0. The first kappa shape index (κ1) is 15.4. The molecule has 4 rings (SSSR count). The quantitative estimate of drug-likeness (QED) is 0.920. The van der Waals surface area contributed by atoms with Gasteiger partial charge in [-0.05, 0) is 37.2 Å². The van der Waals surface area contributed by atoms with Crippen molar-refractivity contribution in [2.75, 3.05) is 11.4 Å². The molecule has 1 aromatic carbocycles. The van der Waals surface area contributed by atoms with Crippen LogP contribution in [0.4, 0.5) is 5.82 Å². The minimum Gasteiger partial charge on any atom is -0.299 e. The lowest BCUT2D eigenvalue weighted by Gasteiger charge is -2.34. The number of anilines is 1. The molecule has 2 fully saturated rings. The lowest BCUT2D eigenvalue weighted by Crippen LogP contribution is -2.52. The zero-order chi connectivity index (χ0) is 16.5. The largest absolute Gasteiger partial charge is 0.299 e. The van der Waals surface area contributed by atoms with Gasteiger partial charge in [0.15, 0.2) is 5.82 Å². The van der Waals surface area contributed by atoms with Gasteiger partial charge in [0, 0.05) is 31.9 Å². The Balaban J connectivity index is 1.51. The number of amides is 1. The van der Waals surface area contributed by atoms with Crippen molar-refractivity contribution in [3.63, 3.8) is 0 Å². The van der Waals surface area contributed by atoms with Crippen LogP contribution in [0.25, 0.3) is 0 Å². The number of piperidine rings is 1. The van der Waals surface area contributed by atoms with E-state index in [9.17, 15) is 4.79 Å². The van der Waals surface area contributed by atoms with Gasteiger partial charge in [0.2, 0.25) is 5.91 Å². The molecule has 0 bridgehead atoms. The van der Waals surface area contributed by atoms with Crippen molar-refractivity contribution in [1.29, 1.82) is 0 Å². The van der Waals surface area contributed by atoms with Crippen LogP contribution in [0.1, 0.15) is 37.3 Å². The molecule has 126 valence electrons. The Morgan fingerprint density at radius 1 is 1.17 bits per heavy atom. The summed E-state index contributed by atoms with van der Waals surface area (Å²) in [4.78, 5) is 14.8. The van der Waals surface area contributed by atoms with Gasteiger partial charge in [0.05, 0.1) is 6.04 Å². The predicted molar refractivity (Wildman–Crippen MR) is 93.6 cm³/mol. The average molecular weight is 324 g/mol. The van der Waals surface area contributed by atoms with E-state index in [-0.39, 0.29) is 18.0 Å². The Bertz CT molecular complexity index is 707. The van der Waals surface area contributed by atoms with Crippen molar-refractivity contribution in [3.05, 3.63) is 48.2 Å². The van der Waals surface area contributed by atoms with Crippen molar-refractivity contribution in [3.8, 4) is 0 Å². The molecule has 5 heteroatoms. The molecule has 1 N–H and O–H groups in total. The van der Waals surface area contributed by atoms with Crippen LogP contribution in [0.5, 0.6) is 0 Å². The Morgan fingerprint density at radius 3 is 2.62 bits per heavy atom. The summed E-state index contributed by atoms with van der Waals surface area (Å²) in [7, 11) is 1.88. The van der Waals surface area contributed by atoms with Gasteiger partial charge in [-0.1, -0.05) is 30.3 Å². The molecule has 1 saturated carbocycles. The van der Waals surface area contributed by atoms with E-state index in [0.717, 1.165) is 25.2 Å². The molecule has 2 atom stereocenters. The van der Waals surface area contributed by atoms with Gasteiger partial charge in [-0.3, -0.25) is 19.7 Å². The van der Waals surface area contributed by atoms with E-state index in [1.54, 1.807) is 4.68 Å². The fraction of sp³-hybridized carbons (Fsp3) is 0.474. The fourth-order valence-electron chi connectivity index (χ4n) is 3.62. The smallest absolute Gasteiger partial charge is 0.245 e. The van der Waals surface area contributed by atoms with Crippen LogP contribution in [-0.2, 0) is 11.8 Å². The molecule has 1 aliphatic carbocycles. The zero-order valence-electron chi connectivity index (χ0n) is 14.1. The summed E-state index contributed by atoms with van der Waals surface area (Å²) < 4.78 is 1.75. The second-order valence-corrected chi connectivity index (χ2v) is 6.92. The van der Waals surface area contributed by atoms with E-state index < -0.39 is 0 Å². The summed E-state index contributed by atoms with van der Waals surface area (Å²) in [5, 5.41) is 8.06. The first-order chi connectivity index (χ1) is 11.7. The zero-order valence-corrected chi connectivity index (χ0v) is 14.1. The van der Waals surface area contributed by atoms with Crippen LogP contribution in [0.15, 0.2) is 42.6 Å². The number of nitrogens with one attached hydrogen (secondary N) is 1. The molecule has 1 aliphatic heterocycles. The van der Waals surface area contributed by atoms with Crippen molar-refractivity contribution in [1.82, 2.24) is 15.1 Å². The van der Waals surface area contributed by atoms with Crippen molar-refractivity contribution < 1.29 is 4.79 Å². The molecule has 1 aromatic heterocycles. The number of rotatable bonds is 5. The Morgan fingerprint density at radius 2 is 1.96 bits per heavy atom. The molecule has 1 saturated heterocycles. The van der Waals surface area contributed by atoms with Gasteiger partial charge in [-0.25, -0.2) is 0 Å². The van der Waals surface area contributed by atoms with Gasteiger partial charge in [-0.2, -0.15) is 5.10 Å². The topological polar surface area (TPSA) is 50.2 Å². The van der Waals surface area contributed by atoms with Crippen LogP contribution >= 0.6 is 0 Å². The molecule has 2 aromatic rings. The van der Waals surface area contributed by atoms with E-state index in [1.807, 2.05) is 30.3 Å². The number of benzene rings is 1. The Labute approximate surface area is 142 Å². The third-order valence-corrected chi connectivity index (χ3v) is 5.05. The van der Waals surface area contributed by atoms with Gasteiger partial charge in [0.1, 0.15) is 0 Å². The number of carbonyl (C=O) groups is 1. The van der Waals surface area contributed by atoms with Crippen molar-refractivity contribution in [2.45, 2.75) is 37.8 Å². The summed E-state index contributed by atoms with van der Waals surface area (Å²) in [6, 6.07) is 12.6. The number of carbonyl (C=O) groups excluding carboxylic acids is 1. The van der Waals surface area contributed by atoms with Gasteiger partial charge < -0.3 is 0 Å². The number of hydrogen-bond donors (Lipinski definition) is 1. The maximum absolute atomic E-state index is 13.0. The van der Waals surface area contributed by atoms with E-state index >= 15 is 0 Å². The molecule has 0 radical (unpaired) electrons. The summed E-state index contributed by atoms with van der Waals surface area (Å²) in [6.07, 6.45) is 6.29. The van der Waals surface area contributed by atoms with Crippen LogP contribution in [-0.4, -0.2) is 28.3 Å². The molecule has 2 aliphatic rings. The highest BCUT2D eigenvalue weighted by atomic mass is 16.2. The normalized spacial score (nSPS) is 22.6. The number of nitrogens with zero attached hydrogens (tertiary/aromatic N) is 3. The fourth-order valence-corrected chi connectivity index (χ4v) is 3.62. The summed E-state index contributed by atoms with van der Waals surface area (Å²) in [5.74, 6) is 1.57. The monoisotopic (exact) mass is 324 g/mol. The lowest BCUT2D eigenvalue weighted by molar-refractivity contribution is -0.122. The van der Waals surface area contributed by atoms with Crippen molar-refractivity contribution in [2.24, 2.45) is 13.0 Å². The summed E-state index contributed by atoms with van der Waals surface area (Å²) in [5.41, 5.74) is 1.29. The molecule has 24 heavy (non-hydrogen) atoms. The third-order valence-electron chi connectivity index (χ3n) is 5.05. The minimum absolute atomic E-state index is 0.119. The van der Waals surface area contributed by atoms with Crippen LogP contribution < -0.4 is 10.2 Å². The second kappa shape index (κ2) is 6.40. The molecule has 0 spiro atoms. The lowest BCUT2D eigenvalue weighted by atomic mass is 9.98. The molecule has 2 heterocycles. The SMILES string of the molecule is Cn1ccc(N2CCC[C@H](N[C@@H](c3ccccc3)C3CC3)C2=O)n1. The highest BCUT2D eigenvalue weighted by Crippen LogP contribution is 2.41. The van der Waals surface area contributed by atoms with E-state index in [0.29, 0.717) is 5.92 Å². The van der Waals surface area contributed by atoms with E-state index in [2.05, 4.69) is 34.7 Å². The van der Waals surface area contributed by atoms with E-state index in [4.69, 9.17) is 0 Å². The third kappa shape index (κ3) is 3.08. The van der Waals surface area contributed by atoms with E-state index in [1.165, 1.54) is 18.4 Å². The first-order valence-electron chi connectivity index (χ1n) is 8.84. The first-order valence-corrected chi connectivity index (χ1v) is 8.84. The highest BCUT2D eigenvalue weighted by Gasteiger charge is 2.37. The Hall–Kier alpha value is -2.14. The van der Waals surface area contributed by atoms with Gasteiger partial charge in [0.25, 0.3) is 0 Å². The maximum Gasteiger partial charge on any atom is 0.245 e. The highest BCUT2D eigenvalue weighted by molar-refractivity contribution is 5.97. The van der Waals surface area contributed by atoms with Crippen LogP contribution in [0, 0.1) is 5.92 Å². The average Bonchev–Trinajstić information content (AvgIpc) is 3.35. The predicted octanol–water partition coefficient (Wildman–Crippen LogP) is 2.66. The van der Waals surface area contributed by atoms with Crippen LogP contribution in [0.2, 0.25) is 0 Å². The molecule has 5 nitrogen and oxygen atoms in total. The molecule has 0 unspecified atom stereocenters. The number of aromatic nitrogens is 2. The minimum atomic E-state index is -0.119. The number of hydrogen-bond acceptors (Lipinski definition) is 3. The van der Waals surface area contributed by atoms with Crippen LogP contribution in [0.3, 0.4) is 0 Å². The van der Waals surface area contributed by atoms with Gasteiger partial charge >= 0.3 is 0 Å². The standard InChI is InChI=1S/C19H24N4O/c1-22-13-11-17(21-22)23-12-5-8-16(19(23)24)20-18(15-9-10-15)14-6-3-2-4-7-14/h2-4,6-7,11,13,15-16,18,20H,5,8-10,12H2,1H3/t16-,18-/m0/s1. The molecular formula is C19H24N4O. The van der Waals surface area contributed by atoms with Crippen molar-refractivity contribution >= 4 is 11.7 Å². The summed E-state index contributed by atoms with van der Waals surface area (Å²) in [6.45, 7) is 0.757. The summed E-state index contributed by atoms with van der Waals surface area (Å²) >= 11 is 0. The van der Waals surface area contributed by atoms with Gasteiger partial charge in [-0.15, -0.1) is 0 Å². The molecule has 1 amide bonds. The molecular weight excluding hydrogens is 300 g/mol. The number of aryl methyl sites for hydroxylation is 1. The second-order valence-electron chi connectivity index (χ2n) is 6.92. The Kier molecular flexibility index (Phi) is 4.10.